The summed E-state index contributed by atoms with van der Waals surface area (Å²) >= 11 is 4.79. The fraction of sp³-hybridized carbons (Fsp3) is 0.0909. The average molecular weight is 437 g/mol. The Morgan fingerprint density at radius 3 is 2.11 bits per heavy atom. The summed E-state index contributed by atoms with van der Waals surface area (Å²) in [5, 5.41) is 8.61. The predicted octanol–water partition coefficient (Wildman–Crippen LogP) is 5.93. The molecular weight excluding hydrogens is 420 g/mol. The molecule has 0 spiro atoms. The molecule has 5 heteroatoms. The first-order valence-corrected chi connectivity index (χ1v) is 10.3. The van der Waals surface area contributed by atoms with Crippen LogP contribution >= 0.6 is 27.7 Å². The van der Waals surface area contributed by atoms with Gasteiger partial charge in [-0.1, -0.05) is 88.4 Å². The summed E-state index contributed by atoms with van der Waals surface area (Å²) in [7, 11) is 0. The Morgan fingerprint density at radius 2 is 1.48 bits per heavy atom. The first-order valence-electron chi connectivity index (χ1n) is 8.59. The number of hydrogen-bond acceptors (Lipinski definition) is 3. The number of ketones is 1. The van der Waals surface area contributed by atoms with Crippen molar-refractivity contribution in [1.82, 2.24) is 0 Å². The van der Waals surface area contributed by atoms with Gasteiger partial charge in [0.1, 0.15) is 5.25 Å². The lowest BCUT2D eigenvalue weighted by Crippen LogP contribution is -2.32. The number of rotatable bonds is 4. The van der Waals surface area contributed by atoms with Crippen LogP contribution in [0.25, 0.3) is 0 Å². The van der Waals surface area contributed by atoms with Crippen LogP contribution in [0.2, 0.25) is 0 Å². The molecule has 1 N–H and O–H groups in total. The normalized spacial score (nSPS) is 19.3. The summed E-state index contributed by atoms with van der Waals surface area (Å²) in [6, 6.07) is 27.0. The summed E-state index contributed by atoms with van der Waals surface area (Å²) in [5.41, 5.74) is 2.62. The van der Waals surface area contributed by atoms with Crippen LogP contribution in [0.3, 0.4) is 0 Å². The lowest BCUT2D eigenvalue weighted by Gasteiger charge is -2.28. The third-order valence-electron chi connectivity index (χ3n) is 4.58. The number of anilines is 1. The maximum Gasteiger partial charge on any atom is 0.178 e. The standard InChI is InChI=1S/C22H17BrN2OS/c23-17-11-13-18(14-12-17)25-19(15-7-3-1-4-8-15)21(27-22(25)24)20(26)16-9-5-2-6-10-16/h1-14,19,21,24H/t19-,21+/m1/s1. The van der Waals surface area contributed by atoms with Gasteiger partial charge in [-0.2, -0.15) is 0 Å². The van der Waals surface area contributed by atoms with E-state index in [0.29, 0.717) is 10.7 Å². The van der Waals surface area contributed by atoms with Crippen LogP contribution in [0, 0.1) is 5.41 Å². The molecule has 0 saturated carbocycles. The van der Waals surface area contributed by atoms with E-state index in [-0.39, 0.29) is 17.1 Å². The van der Waals surface area contributed by atoms with Gasteiger partial charge >= 0.3 is 0 Å². The number of benzene rings is 3. The molecule has 134 valence electrons. The Morgan fingerprint density at radius 1 is 0.889 bits per heavy atom. The minimum atomic E-state index is -0.369. The molecule has 4 rings (SSSR count). The Labute approximate surface area is 171 Å². The van der Waals surface area contributed by atoms with E-state index in [1.165, 1.54) is 11.8 Å². The number of halogens is 1. The van der Waals surface area contributed by atoms with Crippen LogP contribution in [0.4, 0.5) is 5.69 Å². The van der Waals surface area contributed by atoms with E-state index in [4.69, 9.17) is 5.41 Å². The molecule has 0 aromatic heterocycles. The van der Waals surface area contributed by atoms with E-state index >= 15 is 0 Å². The van der Waals surface area contributed by atoms with Crippen LogP contribution in [0.5, 0.6) is 0 Å². The summed E-state index contributed by atoms with van der Waals surface area (Å²) < 4.78 is 0.984. The zero-order valence-electron chi connectivity index (χ0n) is 14.4. The molecule has 3 aromatic rings. The van der Waals surface area contributed by atoms with Crippen molar-refractivity contribution in [3.05, 3.63) is 101 Å². The maximum atomic E-state index is 13.3. The van der Waals surface area contributed by atoms with E-state index in [1.54, 1.807) is 0 Å². The minimum Gasteiger partial charge on any atom is -0.312 e. The molecule has 1 fully saturated rings. The molecule has 3 aromatic carbocycles. The molecule has 27 heavy (non-hydrogen) atoms. The molecule has 0 aliphatic carbocycles. The monoisotopic (exact) mass is 436 g/mol. The Kier molecular flexibility index (Phi) is 5.14. The molecule has 1 aliphatic heterocycles. The summed E-state index contributed by atoms with van der Waals surface area (Å²) in [5.74, 6) is 0.0545. The largest absolute Gasteiger partial charge is 0.312 e. The number of Topliss-reactive ketones (excluding diaryl/α,β-unsaturated/α-hetero) is 1. The van der Waals surface area contributed by atoms with Gasteiger partial charge in [-0.25, -0.2) is 0 Å². The fourth-order valence-electron chi connectivity index (χ4n) is 3.32. The molecule has 0 amide bonds. The average Bonchev–Trinajstić information content (AvgIpc) is 3.06. The Hall–Kier alpha value is -2.37. The smallest absolute Gasteiger partial charge is 0.178 e. The van der Waals surface area contributed by atoms with Crippen molar-refractivity contribution in [3.8, 4) is 0 Å². The maximum absolute atomic E-state index is 13.3. The van der Waals surface area contributed by atoms with E-state index in [2.05, 4.69) is 15.9 Å². The highest BCUT2D eigenvalue weighted by atomic mass is 79.9. The van der Waals surface area contributed by atoms with Crippen molar-refractivity contribution < 1.29 is 4.79 Å². The molecule has 1 heterocycles. The highest BCUT2D eigenvalue weighted by molar-refractivity contribution is 9.10. The van der Waals surface area contributed by atoms with Gasteiger partial charge in [0.2, 0.25) is 0 Å². The van der Waals surface area contributed by atoms with Gasteiger partial charge in [-0.05, 0) is 29.8 Å². The number of carbonyl (C=O) groups excluding carboxylic acids is 1. The van der Waals surface area contributed by atoms with Crippen LogP contribution in [0.1, 0.15) is 22.0 Å². The quantitative estimate of drug-likeness (QED) is 0.515. The van der Waals surface area contributed by atoms with Crippen molar-refractivity contribution in [3.63, 3.8) is 0 Å². The van der Waals surface area contributed by atoms with Gasteiger partial charge in [0.05, 0.1) is 6.04 Å². The van der Waals surface area contributed by atoms with Crippen LogP contribution < -0.4 is 4.90 Å². The van der Waals surface area contributed by atoms with Crippen molar-refractivity contribution in [1.29, 1.82) is 5.41 Å². The predicted molar refractivity (Wildman–Crippen MR) is 116 cm³/mol. The van der Waals surface area contributed by atoms with Crippen LogP contribution in [0.15, 0.2) is 89.4 Å². The molecule has 0 bridgehead atoms. The Bertz CT molecular complexity index is 961. The topological polar surface area (TPSA) is 44.2 Å². The zero-order chi connectivity index (χ0) is 18.8. The second kappa shape index (κ2) is 7.71. The second-order valence-electron chi connectivity index (χ2n) is 6.28. The van der Waals surface area contributed by atoms with Gasteiger partial charge in [-0.3, -0.25) is 10.2 Å². The number of amidine groups is 1. The lowest BCUT2D eigenvalue weighted by atomic mass is 9.96. The van der Waals surface area contributed by atoms with Crippen molar-refractivity contribution in [2.24, 2.45) is 0 Å². The molecule has 3 nitrogen and oxygen atoms in total. The van der Waals surface area contributed by atoms with Gasteiger partial charge in [0.25, 0.3) is 0 Å². The Balaban J connectivity index is 1.78. The third kappa shape index (κ3) is 3.57. The fourth-order valence-corrected chi connectivity index (χ4v) is 4.81. The van der Waals surface area contributed by atoms with Gasteiger partial charge < -0.3 is 4.90 Å². The molecule has 1 saturated heterocycles. The molecule has 0 unspecified atom stereocenters. The first kappa shape index (κ1) is 18.0. The highest BCUT2D eigenvalue weighted by Gasteiger charge is 2.44. The van der Waals surface area contributed by atoms with E-state index in [0.717, 1.165) is 15.7 Å². The van der Waals surface area contributed by atoms with Crippen LogP contribution in [-0.4, -0.2) is 16.2 Å². The van der Waals surface area contributed by atoms with E-state index < -0.39 is 0 Å². The number of nitrogens with zero attached hydrogens (tertiary/aromatic N) is 1. The van der Waals surface area contributed by atoms with Crippen molar-refractivity contribution in [2.75, 3.05) is 4.90 Å². The molecule has 2 atom stereocenters. The minimum absolute atomic E-state index is 0.0545. The van der Waals surface area contributed by atoms with Crippen LogP contribution in [-0.2, 0) is 0 Å². The number of thioether (sulfide) groups is 1. The summed E-state index contributed by atoms with van der Waals surface area (Å²) in [4.78, 5) is 15.2. The van der Waals surface area contributed by atoms with E-state index in [9.17, 15) is 4.79 Å². The van der Waals surface area contributed by atoms with Gasteiger partial charge in [0, 0.05) is 15.7 Å². The number of carbonyl (C=O) groups is 1. The SMILES string of the molecule is N=C1S[C@H](C(=O)c2ccccc2)[C@@H](c2ccccc2)N1c1ccc(Br)cc1. The molecule has 0 radical (unpaired) electrons. The van der Waals surface area contributed by atoms with Gasteiger partial charge in [0.15, 0.2) is 11.0 Å². The molecular formula is C22H17BrN2OS. The second-order valence-corrected chi connectivity index (χ2v) is 8.32. The van der Waals surface area contributed by atoms with Crippen molar-refractivity contribution in [2.45, 2.75) is 11.3 Å². The molecule has 1 aliphatic rings. The first-order chi connectivity index (χ1) is 13.1. The van der Waals surface area contributed by atoms with Crippen molar-refractivity contribution >= 4 is 44.3 Å². The zero-order valence-corrected chi connectivity index (χ0v) is 16.8. The third-order valence-corrected chi connectivity index (χ3v) is 6.26. The van der Waals surface area contributed by atoms with Gasteiger partial charge in [-0.15, -0.1) is 0 Å². The van der Waals surface area contributed by atoms with E-state index in [1.807, 2.05) is 89.8 Å². The lowest BCUT2D eigenvalue weighted by molar-refractivity contribution is 0.0983. The summed E-state index contributed by atoms with van der Waals surface area (Å²) in [6.45, 7) is 0. The number of hydrogen-bond donors (Lipinski definition) is 1. The highest BCUT2D eigenvalue weighted by Crippen LogP contribution is 2.45. The summed E-state index contributed by atoms with van der Waals surface area (Å²) in [6.07, 6.45) is 0. The number of nitrogens with one attached hydrogen (secondary N) is 1.